The van der Waals surface area contributed by atoms with Gasteiger partial charge in [0.15, 0.2) is 0 Å². The molecule has 17 heavy (non-hydrogen) atoms. The molecule has 94 valence electrons. The summed E-state index contributed by atoms with van der Waals surface area (Å²) in [6.07, 6.45) is 5.54. The third kappa shape index (κ3) is 3.76. The summed E-state index contributed by atoms with van der Waals surface area (Å²) in [7, 11) is 0. The molecular weight excluding hydrogens is 323 g/mol. The highest BCUT2D eigenvalue weighted by Crippen LogP contribution is 2.29. The lowest BCUT2D eigenvalue weighted by atomic mass is 9.83. The maximum absolute atomic E-state index is 5.75. The molecule has 1 saturated carbocycles. The Kier molecular flexibility index (Phi) is 4.54. The van der Waals surface area contributed by atoms with Crippen molar-refractivity contribution in [3.63, 3.8) is 0 Å². The fourth-order valence-electron chi connectivity index (χ4n) is 2.46. The number of benzene rings is 1. The van der Waals surface area contributed by atoms with Gasteiger partial charge >= 0.3 is 0 Å². The molecule has 1 aromatic carbocycles. The average molecular weight is 344 g/mol. The van der Waals surface area contributed by atoms with Gasteiger partial charge in [-0.25, -0.2) is 0 Å². The molecule has 2 rings (SSSR count). The molecule has 2 nitrogen and oxygen atoms in total. The second-order valence-electron chi connectivity index (χ2n) is 5.25. The summed E-state index contributed by atoms with van der Waals surface area (Å²) in [6.45, 7) is 3.47. The third-order valence-corrected chi connectivity index (χ3v) is 4.60. The summed E-state index contributed by atoms with van der Waals surface area (Å²) in [6, 6.07) is 6.07. The highest BCUT2D eigenvalue weighted by Gasteiger charge is 2.17. The monoisotopic (exact) mass is 344 g/mol. The van der Waals surface area contributed by atoms with Crippen LogP contribution in [-0.4, -0.2) is 6.54 Å². The van der Waals surface area contributed by atoms with Crippen LogP contribution in [0.3, 0.4) is 0 Å². The van der Waals surface area contributed by atoms with Crippen LogP contribution >= 0.6 is 22.6 Å². The molecule has 3 N–H and O–H groups in total. The minimum absolute atomic E-state index is 0.839. The van der Waals surface area contributed by atoms with Crippen LogP contribution in [0.4, 0.5) is 11.4 Å². The first-order valence-corrected chi connectivity index (χ1v) is 7.52. The van der Waals surface area contributed by atoms with E-state index in [1.54, 1.807) is 0 Å². The lowest BCUT2D eigenvalue weighted by Crippen LogP contribution is -2.20. The molecular formula is C14H21IN2. The van der Waals surface area contributed by atoms with Gasteiger partial charge in [-0.05, 0) is 65.5 Å². The zero-order valence-corrected chi connectivity index (χ0v) is 12.5. The smallest absolute Gasteiger partial charge is 0.0477 e. The molecule has 0 heterocycles. The fourth-order valence-corrected chi connectivity index (χ4v) is 3.19. The Morgan fingerprint density at radius 3 is 2.65 bits per heavy atom. The first-order chi connectivity index (χ1) is 8.15. The molecule has 1 aliphatic rings. The van der Waals surface area contributed by atoms with Crippen LogP contribution in [0.15, 0.2) is 18.2 Å². The second kappa shape index (κ2) is 5.94. The van der Waals surface area contributed by atoms with E-state index >= 15 is 0 Å². The minimum Gasteiger partial charge on any atom is -0.399 e. The molecule has 1 aliphatic carbocycles. The molecule has 0 aromatic heterocycles. The zero-order valence-electron chi connectivity index (χ0n) is 10.4. The topological polar surface area (TPSA) is 38.0 Å². The van der Waals surface area contributed by atoms with Crippen molar-refractivity contribution in [1.29, 1.82) is 0 Å². The summed E-state index contributed by atoms with van der Waals surface area (Å²) in [5, 5.41) is 3.56. The molecule has 1 fully saturated rings. The Bertz CT molecular complexity index is 370. The molecule has 0 amide bonds. The van der Waals surface area contributed by atoms with E-state index in [2.05, 4.69) is 40.9 Å². The predicted molar refractivity (Wildman–Crippen MR) is 83.2 cm³/mol. The molecule has 0 unspecified atom stereocenters. The number of rotatable bonds is 3. The Morgan fingerprint density at radius 2 is 2.00 bits per heavy atom. The molecule has 0 bridgehead atoms. The average Bonchev–Trinajstić information content (AvgIpc) is 2.30. The quantitative estimate of drug-likeness (QED) is 0.640. The Labute approximate surface area is 117 Å². The predicted octanol–water partition coefficient (Wildman–Crippen LogP) is 4.11. The number of anilines is 2. The molecule has 0 spiro atoms. The number of halogens is 1. The van der Waals surface area contributed by atoms with Gasteiger partial charge in [-0.3, -0.25) is 0 Å². The highest BCUT2D eigenvalue weighted by molar-refractivity contribution is 14.1. The van der Waals surface area contributed by atoms with Crippen molar-refractivity contribution in [2.24, 2.45) is 11.8 Å². The van der Waals surface area contributed by atoms with E-state index in [0.29, 0.717) is 0 Å². The zero-order chi connectivity index (χ0) is 12.3. The molecule has 0 saturated heterocycles. The summed E-state index contributed by atoms with van der Waals surface area (Å²) in [5.41, 5.74) is 7.81. The highest BCUT2D eigenvalue weighted by atomic mass is 127. The van der Waals surface area contributed by atoms with Gasteiger partial charge in [0.25, 0.3) is 0 Å². The van der Waals surface area contributed by atoms with E-state index in [1.807, 2.05) is 12.1 Å². The maximum Gasteiger partial charge on any atom is 0.0477 e. The van der Waals surface area contributed by atoms with Crippen molar-refractivity contribution in [3.8, 4) is 0 Å². The molecule has 1 aromatic rings. The summed E-state index contributed by atoms with van der Waals surface area (Å²) < 4.78 is 1.21. The summed E-state index contributed by atoms with van der Waals surface area (Å²) >= 11 is 2.34. The van der Waals surface area contributed by atoms with E-state index in [1.165, 1.54) is 34.9 Å². The fraction of sp³-hybridized carbons (Fsp3) is 0.571. The molecule has 3 heteroatoms. The normalized spacial score (nSPS) is 24.6. The first kappa shape index (κ1) is 13.0. The van der Waals surface area contributed by atoms with Crippen molar-refractivity contribution >= 4 is 34.0 Å². The second-order valence-corrected chi connectivity index (χ2v) is 6.41. The van der Waals surface area contributed by atoms with E-state index < -0.39 is 0 Å². The van der Waals surface area contributed by atoms with Crippen molar-refractivity contribution in [2.75, 3.05) is 17.6 Å². The Hall–Kier alpha value is -0.450. The number of hydrogen-bond donors (Lipinski definition) is 2. The van der Waals surface area contributed by atoms with Crippen LogP contribution in [0.25, 0.3) is 0 Å². The van der Waals surface area contributed by atoms with Crippen molar-refractivity contribution in [1.82, 2.24) is 0 Å². The van der Waals surface area contributed by atoms with E-state index in [-0.39, 0.29) is 0 Å². The van der Waals surface area contributed by atoms with Gasteiger partial charge in [0, 0.05) is 21.5 Å². The van der Waals surface area contributed by atoms with Crippen molar-refractivity contribution < 1.29 is 0 Å². The molecule has 0 atom stereocenters. The van der Waals surface area contributed by atoms with Gasteiger partial charge < -0.3 is 11.1 Å². The van der Waals surface area contributed by atoms with Crippen molar-refractivity contribution in [2.45, 2.75) is 32.6 Å². The van der Waals surface area contributed by atoms with Crippen LogP contribution in [0.1, 0.15) is 32.6 Å². The number of nitrogens with two attached hydrogens (primary N) is 1. The first-order valence-electron chi connectivity index (χ1n) is 6.44. The van der Waals surface area contributed by atoms with Gasteiger partial charge in [0.1, 0.15) is 0 Å². The Balaban J connectivity index is 1.85. The van der Waals surface area contributed by atoms with E-state index in [4.69, 9.17) is 5.73 Å². The van der Waals surface area contributed by atoms with Gasteiger partial charge in [0.05, 0.1) is 0 Å². The van der Waals surface area contributed by atoms with Gasteiger partial charge in [0.2, 0.25) is 0 Å². The standard InChI is InChI=1S/C14H21IN2/c1-10-2-4-11(5-3-10)9-17-14-7-6-12(16)8-13(14)15/h6-8,10-11,17H,2-5,9,16H2,1H3. The summed E-state index contributed by atoms with van der Waals surface area (Å²) in [4.78, 5) is 0. The van der Waals surface area contributed by atoms with Gasteiger partial charge in [-0.2, -0.15) is 0 Å². The summed E-state index contributed by atoms with van der Waals surface area (Å²) in [5.74, 6) is 1.78. The van der Waals surface area contributed by atoms with E-state index in [0.717, 1.165) is 24.1 Å². The number of nitrogens with one attached hydrogen (secondary N) is 1. The molecule has 0 aliphatic heterocycles. The lowest BCUT2D eigenvalue weighted by Gasteiger charge is -2.26. The number of hydrogen-bond acceptors (Lipinski definition) is 2. The number of nitrogen functional groups attached to an aromatic ring is 1. The van der Waals surface area contributed by atoms with Crippen LogP contribution in [0.5, 0.6) is 0 Å². The third-order valence-electron chi connectivity index (χ3n) is 3.71. The van der Waals surface area contributed by atoms with Crippen LogP contribution in [0, 0.1) is 15.4 Å². The van der Waals surface area contributed by atoms with Gasteiger partial charge in [-0.15, -0.1) is 0 Å². The molecule has 0 radical (unpaired) electrons. The SMILES string of the molecule is CC1CCC(CNc2ccc(N)cc2I)CC1. The maximum atomic E-state index is 5.75. The van der Waals surface area contributed by atoms with Crippen LogP contribution in [-0.2, 0) is 0 Å². The largest absolute Gasteiger partial charge is 0.399 e. The lowest BCUT2D eigenvalue weighted by molar-refractivity contribution is 0.300. The van der Waals surface area contributed by atoms with Crippen LogP contribution < -0.4 is 11.1 Å². The minimum atomic E-state index is 0.839. The van der Waals surface area contributed by atoms with Gasteiger partial charge in [-0.1, -0.05) is 19.8 Å². The Morgan fingerprint density at radius 1 is 1.29 bits per heavy atom. The van der Waals surface area contributed by atoms with E-state index in [9.17, 15) is 0 Å². The van der Waals surface area contributed by atoms with Crippen LogP contribution in [0.2, 0.25) is 0 Å². The van der Waals surface area contributed by atoms with Crippen molar-refractivity contribution in [3.05, 3.63) is 21.8 Å².